The molecule has 0 aromatic heterocycles. The lowest BCUT2D eigenvalue weighted by atomic mass is 9.99. The second-order valence-electron chi connectivity index (χ2n) is 6.05. The molecule has 1 aliphatic heterocycles. The number of hydrogen-bond acceptors (Lipinski definition) is 2. The fourth-order valence-corrected chi connectivity index (χ4v) is 2.87. The first kappa shape index (κ1) is 15.0. The maximum Gasteiger partial charge on any atom is 0.237 e. The van der Waals surface area contributed by atoms with E-state index in [9.17, 15) is 4.79 Å². The normalized spacial score (nSPS) is 20.4. The molecule has 1 aromatic carbocycles. The average molecular weight is 274 g/mol. The Morgan fingerprint density at radius 3 is 2.85 bits per heavy atom. The van der Waals surface area contributed by atoms with Crippen molar-refractivity contribution >= 4 is 5.91 Å². The van der Waals surface area contributed by atoms with E-state index in [2.05, 4.69) is 49.6 Å². The summed E-state index contributed by atoms with van der Waals surface area (Å²) in [6, 6.07) is 6.69. The molecule has 1 fully saturated rings. The zero-order valence-corrected chi connectivity index (χ0v) is 12.8. The Morgan fingerprint density at radius 1 is 1.40 bits per heavy atom. The van der Waals surface area contributed by atoms with Crippen molar-refractivity contribution in [3.63, 3.8) is 0 Å². The molecule has 110 valence electrons. The van der Waals surface area contributed by atoms with Crippen LogP contribution in [0, 0.1) is 13.8 Å². The molecule has 3 heteroatoms. The van der Waals surface area contributed by atoms with E-state index in [0.717, 1.165) is 25.8 Å². The highest BCUT2D eigenvalue weighted by molar-refractivity contribution is 5.82. The molecule has 0 aliphatic carbocycles. The molecule has 0 bridgehead atoms. The molecule has 2 atom stereocenters. The van der Waals surface area contributed by atoms with Crippen LogP contribution in [0.15, 0.2) is 18.2 Å². The zero-order valence-electron chi connectivity index (χ0n) is 12.8. The van der Waals surface area contributed by atoms with Crippen LogP contribution in [0.5, 0.6) is 0 Å². The number of aryl methyl sites for hydroxylation is 2. The molecule has 2 N–H and O–H groups in total. The first-order valence-electron chi connectivity index (χ1n) is 7.66. The first-order chi connectivity index (χ1) is 9.56. The van der Waals surface area contributed by atoms with E-state index in [4.69, 9.17) is 0 Å². The SMILES string of the molecule is Cc1ccc(CC(C)NC(=O)C2CCCCN2)c(C)c1. The van der Waals surface area contributed by atoms with E-state index in [1.807, 2.05) is 0 Å². The molecule has 2 rings (SSSR count). The molecular formula is C17H26N2O. The van der Waals surface area contributed by atoms with Crippen LogP contribution in [0.1, 0.15) is 42.9 Å². The number of carbonyl (C=O) groups is 1. The number of rotatable bonds is 4. The van der Waals surface area contributed by atoms with Crippen LogP contribution in [0.2, 0.25) is 0 Å². The van der Waals surface area contributed by atoms with Crippen molar-refractivity contribution in [1.29, 1.82) is 0 Å². The fourth-order valence-electron chi connectivity index (χ4n) is 2.87. The van der Waals surface area contributed by atoms with Crippen molar-refractivity contribution in [3.8, 4) is 0 Å². The molecular weight excluding hydrogens is 248 g/mol. The first-order valence-corrected chi connectivity index (χ1v) is 7.66. The molecule has 1 aromatic rings. The number of hydrogen-bond donors (Lipinski definition) is 2. The van der Waals surface area contributed by atoms with Gasteiger partial charge in [0.15, 0.2) is 0 Å². The van der Waals surface area contributed by atoms with Gasteiger partial charge in [-0.3, -0.25) is 4.79 Å². The Kier molecular flexibility index (Phi) is 5.18. The highest BCUT2D eigenvalue weighted by atomic mass is 16.2. The number of carbonyl (C=O) groups excluding carboxylic acids is 1. The minimum absolute atomic E-state index is 0.00492. The molecule has 20 heavy (non-hydrogen) atoms. The van der Waals surface area contributed by atoms with Crippen molar-refractivity contribution in [2.45, 2.75) is 58.5 Å². The Morgan fingerprint density at radius 2 is 2.20 bits per heavy atom. The number of nitrogens with one attached hydrogen (secondary N) is 2. The number of amides is 1. The monoisotopic (exact) mass is 274 g/mol. The highest BCUT2D eigenvalue weighted by Crippen LogP contribution is 2.13. The Bertz CT molecular complexity index is 464. The Labute approximate surface area is 122 Å². The van der Waals surface area contributed by atoms with Gasteiger partial charge in [0, 0.05) is 6.04 Å². The van der Waals surface area contributed by atoms with E-state index >= 15 is 0 Å². The van der Waals surface area contributed by atoms with Crippen molar-refractivity contribution in [2.75, 3.05) is 6.54 Å². The minimum Gasteiger partial charge on any atom is -0.352 e. The molecule has 1 heterocycles. The third-order valence-corrected chi connectivity index (χ3v) is 4.04. The molecule has 0 saturated carbocycles. The summed E-state index contributed by atoms with van der Waals surface area (Å²) in [6.45, 7) is 7.29. The quantitative estimate of drug-likeness (QED) is 0.885. The topological polar surface area (TPSA) is 41.1 Å². The van der Waals surface area contributed by atoms with Crippen LogP contribution in [0.4, 0.5) is 0 Å². The summed E-state index contributed by atoms with van der Waals surface area (Å²) in [5, 5.41) is 6.43. The molecule has 0 spiro atoms. The van der Waals surface area contributed by atoms with Crippen LogP contribution in [-0.2, 0) is 11.2 Å². The number of piperidine rings is 1. The summed E-state index contributed by atoms with van der Waals surface area (Å²) in [5.41, 5.74) is 3.91. The average Bonchev–Trinajstić information content (AvgIpc) is 2.43. The molecule has 2 unspecified atom stereocenters. The lowest BCUT2D eigenvalue weighted by Crippen LogP contribution is -2.49. The second-order valence-corrected chi connectivity index (χ2v) is 6.05. The largest absolute Gasteiger partial charge is 0.352 e. The summed E-state index contributed by atoms with van der Waals surface area (Å²) >= 11 is 0. The van der Waals surface area contributed by atoms with Crippen LogP contribution < -0.4 is 10.6 Å². The standard InChI is InChI=1S/C17H26N2O/c1-12-7-8-15(13(2)10-12)11-14(3)19-17(20)16-6-4-5-9-18-16/h7-8,10,14,16,18H,4-6,9,11H2,1-3H3,(H,19,20). The van der Waals surface area contributed by atoms with Gasteiger partial charge in [0.1, 0.15) is 0 Å². The molecule has 0 radical (unpaired) electrons. The van der Waals surface area contributed by atoms with Gasteiger partial charge in [0.25, 0.3) is 0 Å². The van der Waals surface area contributed by atoms with E-state index in [1.54, 1.807) is 0 Å². The van der Waals surface area contributed by atoms with Gasteiger partial charge in [-0.05, 0) is 57.7 Å². The maximum absolute atomic E-state index is 12.2. The minimum atomic E-state index is 0.00492. The Hall–Kier alpha value is -1.35. The second kappa shape index (κ2) is 6.89. The van der Waals surface area contributed by atoms with Crippen LogP contribution in [0.3, 0.4) is 0 Å². The van der Waals surface area contributed by atoms with Crippen molar-refractivity contribution in [3.05, 3.63) is 34.9 Å². The van der Waals surface area contributed by atoms with Crippen molar-refractivity contribution in [2.24, 2.45) is 0 Å². The van der Waals surface area contributed by atoms with Crippen LogP contribution >= 0.6 is 0 Å². The summed E-state index contributed by atoms with van der Waals surface area (Å²) < 4.78 is 0. The maximum atomic E-state index is 12.2. The zero-order chi connectivity index (χ0) is 14.5. The predicted molar refractivity (Wildman–Crippen MR) is 82.9 cm³/mol. The molecule has 3 nitrogen and oxygen atoms in total. The summed E-state index contributed by atoms with van der Waals surface area (Å²) in [7, 11) is 0. The van der Waals surface area contributed by atoms with Crippen LogP contribution in [0.25, 0.3) is 0 Å². The lowest BCUT2D eigenvalue weighted by molar-refractivity contribution is -0.124. The highest BCUT2D eigenvalue weighted by Gasteiger charge is 2.21. The van der Waals surface area contributed by atoms with Gasteiger partial charge in [-0.15, -0.1) is 0 Å². The van der Waals surface area contributed by atoms with E-state index in [-0.39, 0.29) is 18.0 Å². The van der Waals surface area contributed by atoms with Gasteiger partial charge in [-0.25, -0.2) is 0 Å². The molecule has 1 aliphatic rings. The van der Waals surface area contributed by atoms with E-state index in [0.29, 0.717) is 0 Å². The summed E-state index contributed by atoms with van der Waals surface area (Å²) in [6.07, 6.45) is 4.19. The van der Waals surface area contributed by atoms with Gasteiger partial charge in [0.2, 0.25) is 5.91 Å². The Balaban J connectivity index is 1.88. The van der Waals surface area contributed by atoms with E-state index < -0.39 is 0 Å². The fraction of sp³-hybridized carbons (Fsp3) is 0.588. The van der Waals surface area contributed by atoms with Gasteiger partial charge in [-0.2, -0.15) is 0 Å². The third-order valence-electron chi connectivity index (χ3n) is 4.04. The smallest absolute Gasteiger partial charge is 0.237 e. The van der Waals surface area contributed by atoms with Crippen molar-refractivity contribution in [1.82, 2.24) is 10.6 Å². The molecule has 1 saturated heterocycles. The summed E-state index contributed by atoms with van der Waals surface area (Å²) in [5.74, 6) is 0.155. The van der Waals surface area contributed by atoms with Crippen molar-refractivity contribution < 1.29 is 4.79 Å². The third kappa shape index (κ3) is 4.07. The van der Waals surface area contributed by atoms with Gasteiger partial charge >= 0.3 is 0 Å². The van der Waals surface area contributed by atoms with Crippen LogP contribution in [-0.4, -0.2) is 24.5 Å². The predicted octanol–water partition coefficient (Wildman–Crippen LogP) is 2.49. The number of benzene rings is 1. The van der Waals surface area contributed by atoms with Gasteiger partial charge in [0.05, 0.1) is 6.04 Å². The lowest BCUT2D eigenvalue weighted by Gasteiger charge is -2.25. The van der Waals surface area contributed by atoms with Gasteiger partial charge < -0.3 is 10.6 Å². The van der Waals surface area contributed by atoms with Gasteiger partial charge in [-0.1, -0.05) is 30.2 Å². The molecule has 1 amide bonds. The summed E-state index contributed by atoms with van der Waals surface area (Å²) in [4.78, 5) is 12.2. The van der Waals surface area contributed by atoms with E-state index in [1.165, 1.54) is 23.1 Å².